The van der Waals surface area contributed by atoms with Crippen LogP contribution in [0.5, 0.6) is 0 Å². The number of fused-ring (bicyclic) bond motifs is 1. The van der Waals surface area contributed by atoms with Crippen molar-refractivity contribution < 1.29 is 14.7 Å². The van der Waals surface area contributed by atoms with Crippen LogP contribution in [-0.2, 0) is 16.6 Å². The van der Waals surface area contributed by atoms with Gasteiger partial charge < -0.3 is 5.11 Å². The third-order valence-corrected chi connectivity index (χ3v) is 4.06. The third kappa shape index (κ3) is 2.49. The quantitative estimate of drug-likeness (QED) is 0.798. The SMILES string of the molecule is Cn1c(=O)n(C2CCC(=O)NC2=O)c2cccc(/C=C/CO)c21. The Balaban J connectivity index is 2.21. The zero-order chi connectivity index (χ0) is 16.6. The van der Waals surface area contributed by atoms with Crippen LogP contribution >= 0.6 is 0 Å². The van der Waals surface area contributed by atoms with Crippen molar-refractivity contribution in [3.05, 3.63) is 40.3 Å². The highest BCUT2D eigenvalue weighted by Gasteiger charge is 2.31. The molecular formula is C16H17N3O4. The predicted molar refractivity (Wildman–Crippen MR) is 84.7 cm³/mol. The smallest absolute Gasteiger partial charge is 0.329 e. The Morgan fingerprint density at radius 1 is 1.35 bits per heavy atom. The van der Waals surface area contributed by atoms with E-state index in [1.165, 1.54) is 9.13 Å². The molecule has 0 bridgehead atoms. The average molecular weight is 315 g/mol. The highest BCUT2D eigenvalue weighted by Crippen LogP contribution is 2.25. The predicted octanol–water partition coefficient (Wildman–Crippen LogP) is 0.323. The summed E-state index contributed by atoms with van der Waals surface area (Å²) in [5.41, 5.74) is 1.79. The molecule has 0 aliphatic carbocycles. The second kappa shape index (κ2) is 5.85. The first kappa shape index (κ1) is 15.2. The number of hydrogen-bond donors (Lipinski definition) is 2. The number of imide groups is 1. The first-order chi connectivity index (χ1) is 11.0. The maximum absolute atomic E-state index is 12.6. The van der Waals surface area contributed by atoms with Crippen molar-refractivity contribution in [2.75, 3.05) is 6.61 Å². The fourth-order valence-corrected chi connectivity index (χ4v) is 3.01. The number of amides is 2. The summed E-state index contributed by atoms with van der Waals surface area (Å²) in [5.74, 6) is -0.766. The Bertz CT molecular complexity index is 875. The van der Waals surface area contributed by atoms with Crippen LogP contribution < -0.4 is 11.0 Å². The fourth-order valence-electron chi connectivity index (χ4n) is 3.01. The third-order valence-electron chi connectivity index (χ3n) is 4.06. The van der Waals surface area contributed by atoms with E-state index in [9.17, 15) is 14.4 Å². The molecule has 120 valence electrons. The minimum atomic E-state index is -0.694. The molecule has 2 N–H and O–H groups in total. The lowest BCUT2D eigenvalue weighted by atomic mass is 10.1. The van der Waals surface area contributed by atoms with E-state index in [1.54, 1.807) is 31.3 Å². The van der Waals surface area contributed by atoms with Crippen LogP contribution in [0.4, 0.5) is 0 Å². The van der Waals surface area contributed by atoms with Gasteiger partial charge in [0.15, 0.2) is 0 Å². The maximum atomic E-state index is 12.6. The lowest BCUT2D eigenvalue weighted by Crippen LogP contribution is -2.44. The lowest BCUT2D eigenvalue weighted by Gasteiger charge is -2.21. The van der Waals surface area contributed by atoms with Gasteiger partial charge in [0.1, 0.15) is 6.04 Å². The molecule has 0 spiro atoms. The van der Waals surface area contributed by atoms with E-state index in [0.29, 0.717) is 17.5 Å². The van der Waals surface area contributed by atoms with E-state index in [2.05, 4.69) is 5.32 Å². The van der Waals surface area contributed by atoms with Gasteiger partial charge in [-0.3, -0.25) is 24.0 Å². The standard InChI is InChI=1S/C16H17N3O4/c1-18-14-10(5-3-9-20)4-2-6-11(14)19(16(18)23)12-7-8-13(21)17-15(12)22/h2-6,12,20H,7-9H2,1H3,(H,17,21,22)/b5-3+. The molecule has 1 aromatic carbocycles. The summed E-state index contributed by atoms with van der Waals surface area (Å²) >= 11 is 0. The molecule has 0 radical (unpaired) electrons. The minimum Gasteiger partial charge on any atom is -0.392 e. The summed E-state index contributed by atoms with van der Waals surface area (Å²) in [6.07, 6.45) is 3.84. The van der Waals surface area contributed by atoms with Gasteiger partial charge in [-0.2, -0.15) is 0 Å². The van der Waals surface area contributed by atoms with Crippen molar-refractivity contribution in [1.29, 1.82) is 0 Å². The summed E-state index contributed by atoms with van der Waals surface area (Å²) < 4.78 is 2.92. The molecule has 1 fully saturated rings. The van der Waals surface area contributed by atoms with Crippen LogP contribution in [0.15, 0.2) is 29.1 Å². The van der Waals surface area contributed by atoms with Crippen molar-refractivity contribution in [3.8, 4) is 0 Å². The van der Waals surface area contributed by atoms with E-state index in [1.807, 2.05) is 6.07 Å². The molecular weight excluding hydrogens is 298 g/mol. The van der Waals surface area contributed by atoms with Gasteiger partial charge in [-0.15, -0.1) is 0 Å². The van der Waals surface area contributed by atoms with Crippen LogP contribution in [0.2, 0.25) is 0 Å². The van der Waals surface area contributed by atoms with Crippen LogP contribution in [0.25, 0.3) is 17.1 Å². The van der Waals surface area contributed by atoms with Gasteiger partial charge in [0, 0.05) is 19.0 Å². The number of aryl methyl sites for hydroxylation is 1. The first-order valence-electron chi connectivity index (χ1n) is 7.35. The molecule has 1 saturated heterocycles. The van der Waals surface area contributed by atoms with Crippen molar-refractivity contribution >= 4 is 28.9 Å². The summed E-state index contributed by atoms with van der Waals surface area (Å²) in [6, 6.07) is 4.71. The maximum Gasteiger partial charge on any atom is 0.329 e. The van der Waals surface area contributed by atoms with Gasteiger partial charge in [0.2, 0.25) is 11.8 Å². The van der Waals surface area contributed by atoms with Crippen molar-refractivity contribution in [2.24, 2.45) is 7.05 Å². The van der Waals surface area contributed by atoms with Gasteiger partial charge in [0.05, 0.1) is 17.6 Å². The molecule has 23 heavy (non-hydrogen) atoms. The molecule has 2 aromatic rings. The Labute approximate surface area is 131 Å². The van der Waals surface area contributed by atoms with Crippen LogP contribution in [0.1, 0.15) is 24.4 Å². The largest absolute Gasteiger partial charge is 0.392 e. The monoisotopic (exact) mass is 315 g/mol. The number of imidazole rings is 1. The zero-order valence-corrected chi connectivity index (χ0v) is 12.7. The number of para-hydroxylation sites is 1. The van der Waals surface area contributed by atoms with Gasteiger partial charge in [-0.05, 0) is 12.5 Å². The molecule has 7 nitrogen and oxygen atoms in total. The van der Waals surface area contributed by atoms with E-state index < -0.39 is 11.9 Å². The summed E-state index contributed by atoms with van der Waals surface area (Å²) in [5, 5.41) is 11.2. The first-order valence-corrected chi connectivity index (χ1v) is 7.35. The second-order valence-electron chi connectivity index (χ2n) is 5.48. The van der Waals surface area contributed by atoms with Crippen molar-refractivity contribution in [1.82, 2.24) is 14.5 Å². The minimum absolute atomic E-state index is 0.0990. The molecule has 1 unspecified atom stereocenters. The Morgan fingerprint density at radius 2 is 2.13 bits per heavy atom. The normalized spacial score (nSPS) is 18.8. The number of carbonyl (C=O) groups excluding carboxylic acids is 2. The van der Waals surface area contributed by atoms with Gasteiger partial charge >= 0.3 is 5.69 Å². The number of rotatable bonds is 3. The number of aliphatic hydroxyl groups is 1. The molecule has 0 saturated carbocycles. The summed E-state index contributed by atoms with van der Waals surface area (Å²) in [6.45, 7) is -0.0990. The molecule has 1 aromatic heterocycles. The molecule has 2 amide bonds. The number of carbonyl (C=O) groups is 2. The van der Waals surface area contributed by atoms with E-state index in [-0.39, 0.29) is 24.6 Å². The lowest BCUT2D eigenvalue weighted by molar-refractivity contribution is -0.135. The zero-order valence-electron chi connectivity index (χ0n) is 12.7. The number of nitrogens with zero attached hydrogens (tertiary/aromatic N) is 2. The van der Waals surface area contributed by atoms with E-state index in [4.69, 9.17) is 5.11 Å². The van der Waals surface area contributed by atoms with E-state index >= 15 is 0 Å². The van der Waals surface area contributed by atoms with Crippen LogP contribution in [0.3, 0.4) is 0 Å². The van der Waals surface area contributed by atoms with Gasteiger partial charge in [-0.1, -0.05) is 24.3 Å². The molecule has 1 atom stereocenters. The molecule has 1 aliphatic rings. The highest BCUT2D eigenvalue weighted by atomic mass is 16.2. The fraction of sp³-hybridized carbons (Fsp3) is 0.312. The number of hydrogen-bond acceptors (Lipinski definition) is 4. The van der Waals surface area contributed by atoms with Gasteiger partial charge in [0.25, 0.3) is 0 Å². The topological polar surface area (TPSA) is 93.3 Å². The molecule has 7 heteroatoms. The number of benzene rings is 1. The molecule has 2 heterocycles. The molecule has 3 rings (SSSR count). The Kier molecular flexibility index (Phi) is 3.87. The second-order valence-corrected chi connectivity index (χ2v) is 5.48. The van der Waals surface area contributed by atoms with Crippen LogP contribution in [-0.4, -0.2) is 32.7 Å². The van der Waals surface area contributed by atoms with Gasteiger partial charge in [-0.25, -0.2) is 4.79 Å². The van der Waals surface area contributed by atoms with Crippen LogP contribution in [0, 0.1) is 0 Å². The van der Waals surface area contributed by atoms with Crippen molar-refractivity contribution in [2.45, 2.75) is 18.9 Å². The average Bonchev–Trinajstić information content (AvgIpc) is 2.78. The Hall–Kier alpha value is -2.67. The van der Waals surface area contributed by atoms with E-state index in [0.717, 1.165) is 5.56 Å². The number of aromatic nitrogens is 2. The molecule has 1 aliphatic heterocycles. The summed E-state index contributed by atoms with van der Waals surface area (Å²) in [7, 11) is 1.64. The number of aliphatic hydroxyl groups excluding tert-OH is 1. The van der Waals surface area contributed by atoms with Crippen molar-refractivity contribution in [3.63, 3.8) is 0 Å². The Morgan fingerprint density at radius 3 is 2.83 bits per heavy atom. The number of piperidine rings is 1. The highest BCUT2D eigenvalue weighted by molar-refractivity contribution is 6.00. The summed E-state index contributed by atoms with van der Waals surface area (Å²) in [4.78, 5) is 36.1. The number of nitrogens with one attached hydrogen (secondary N) is 1.